The van der Waals surface area contributed by atoms with E-state index in [4.69, 9.17) is 19.2 Å². The molecule has 0 atom stereocenters. The van der Waals surface area contributed by atoms with Gasteiger partial charge in [-0.05, 0) is 24.6 Å². The van der Waals surface area contributed by atoms with Crippen LogP contribution in [-0.2, 0) is 4.74 Å². The lowest BCUT2D eigenvalue weighted by Crippen LogP contribution is -2.47. The number of nitrogens with one attached hydrogen (secondary N) is 2. The predicted octanol–water partition coefficient (Wildman–Crippen LogP) is 1.56. The number of hydrogen-bond acceptors (Lipinski definition) is 10. The Bertz CT molecular complexity index is 1380. The first kappa shape index (κ1) is 23.4. The zero-order valence-corrected chi connectivity index (χ0v) is 20.6. The summed E-state index contributed by atoms with van der Waals surface area (Å²) in [6.07, 6.45) is 3.94. The zero-order valence-electron chi connectivity index (χ0n) is 20.6. The number of nitrogens with zero attached hydrogens (tertiary/aromatic N) is 6. The number of methoxy groups -OCH3 is 1. The monoisotopic (exact) mass is 504 g/mol. The minimum atomic E-state index is -0.333. The molecule has 0 aliphatic carbocycles. The fraction of sp³-hybridized carbons (Fsp3) is 0.400. The Morgan fingerprint density at radius 3 is 2.97 bits per heavy atom. The Kier molecular flexibility index (Phi) is 6.41. The number of guanidine groups is 1. The molecule has 0 bridgehead atoms. The molecule has 0 unspecified atom stereocenters. The normalized spacial score (nSPS) is 17.2. The van der Waals surface area contributed by atoms with Crippen LogP contribution in [0.3, 0.4) is 0 Å². The second-order valence-electron chi connectivity index (χ2n) is 8.89. The third-order valence-corrected chi connectivity index (χ3v) is 6.59. The third kappa shape index (κ3) is 4.60. The fourth-order valence-electron chi connectivity index (χ4n) is 4.72. The summed E-state index contributed by atoms with van der Waals surface area (Å²) in [5.74, 6) is 1.93. The number of benzene rings is 1. The summed E-state index contributed by atoms with van der Waals surface area (Å²) in [6, 6.07) is 5.53. The topological polar surface area (TPSA) is 130 Å². The molecule has 3 aliphatic rings. The van der Waals surface area contributed by atoms with Crippen molar-refractivity contribution in [1.29, 1.82) is 0 Å². The van der Waals surface area contributed by atoms with Gasteiger partial charge in [0, 0.05) is 37.9 Å². The summed E-state index contributed by atoms with van der Waals surface area (Å²) in [6.45, 7) is 6.20. The molecule has 1 aromatic carbocycles. The molecule has 3 aromatic rings. The Labute approximate surface area is 213 Å². The molecule has 1 fully saturated rings. The van der Waals surface area contributed by atoms with E-state index >= 15 is 0 Å². The number of fused-ring (bicyclic) bond motifs is 4. The van der Waals surface area contributed by atoms with Gasteiger partial charge in [0.15, 0.2) is 17.1 Å². The molecule has 2 aromatic heterocycles. The van der Waals surface area contributed by atoms with Gasteiger partial charge in [-0.15, -0.1) is 0 Å². The Morgan fingerprint density at radius 1 is 1.22 bits per heavy atom. The molecule has 3 aliphatic heterocycles. The van der Waals surface area contributed by atoms with Crippen molar-refractivity contribution in [2.24, 2.45) is 9.98 Å². The minimum Gasteiger partial charge on any atom is -0.491 e. The minimum absolute atomic E-state index is 0.333. The molecule has 0 radical (unpaired) electrons. The van der Waals surface area contributed by atoms with Crippen LogP contribution in [0.4, 0.5) is 5.69 Å². The highest BCUT2D eigenvalue weighted by molar-refractivity contribution is 6.20. The number of rotatable bonds is 7. The van der Waals surface area contributed by atoms with Crippen LogP contribution >= 0.6 is 0 Å². The van der Waals surface area contributed by atoms with Crippen molar-refractivity contribution in [2.45, 2.75) is 6.42 Å². The lowest BCUT2D eigenvalue weighted by molar-refractivity contribution is 0.0357. The Balaban J connectivity index is 1.22. The average Bonchev–Trinajstić information content (AvgIpc) is 3.61. The maximum Gasteiger partial charge on any atom is 0.259 e. The van der Waals surface area contributed by atoms with Gasteiger partial charge in [-0.3, -0.25) is 24.9 Å². The van der Waals surface area contributed by atoms with Crippen LogP contribution in [-0.4, -0.2) is 102 Å². The number of amidine groups is 1. The van der Waals surface area contributed by atoms with Crippen LogP contribution in [0.1, 0.15) is 22.3 Å². The molecule has 0 spiro atoms. The molecule has 12 heteroatoms. The molecule has 1 saturated heterocycles. The highest BCUT2D eigenvalue weighted by Crippen LogP contribution is 2.43. The molecular weight excluding hydrogens is 476 g/mol. The second-order valence-corrected chi connectivity index (χ2v) is 8.89. The number of aromatic amines is 1. The van der Waals surface area contributed by atoms with Crippen LogP contribution in [0.5, 0.6) is 11.5 Å². The molecule has 5 heterocycles. The number of aromatic nitrogens is 3. The van der Waals surface area contributed by atoms with E-state index in [-0.39, 0.29) is 5.91 Å². The van der Waals surface area contributed by atoms with E-state index in [1.165, 1.54) is 6.20 Å². The summed E-state index contributed by atoms with van der Waals surface area (Å²) in [4.78, 5) is 38.2. The van der Waals surface area contributed by atoms with Gasteiger partial charge in [0.1, 0.15) is 17.0 Å². The highest BCUT2D eigenvalue weighted by atomic mass is 16.5. The molecule has 1 amide bonds. The number of imidazole rings is 1. The van der Waals surface area contributed by atoms with E-state index in [0.717, 1.165) is 50.7 Å². The van der Waals surface area contributed by atoms with Gasteiger partial charge in [-0.2, -0.15) is 0 Å². The van der Waals surface area contributed by atoms with Gasteiger partial charge in [0.05, 0.1) is 45.4 Å². The number of H-pyrrole nitrogens is 1. The second kappa shape index (κ2) is 10.1. The molecule has 6 rings (SSSR count). The quantitative estimate of drug-likeness (QED) is 0.464. The SMILES string of the molecule is COc1c(OCCCN2CCOCC2)ccc2c1N=C(NC(=O)c1cnc3[nH]cnc3c1)N1CCN=C21. The van der Waals surface area contributed by atoms with E-state index in [2.05, 4.69) is 30.2 Å². The number of morpholine rings is 1. The van der Waals surface area contributed by atoms with E-state index < -0.39 is 0 Å². The van der Waals surface area contributed by atoms with Crippen molar-refractivity contribution in [2.75, 3.05) is 59.7 Å². The van der Waals surface area contributed by atoms with Crippen LogP contribution in [0.2, 0.25) is 0 Å². The van der Waals surface area contributed by atoms with Gasteiger partial charge in [0.2, 0.25) is 5.96 Å². The molecule has 192 valence electrons. The maximum absolute atomic E-state index is 13.1. The van der Waals surface area contributed by atoms with E-state index in [9.17, 15) is 4.79 Å². The van der Waals surface area contributed by atoms with Gasteiger partial charge in [-0.1, -0.05) is 0 Å². The summed E-state index contributed by atoms with van der Waals surface area (Å²) in [5, 5.41) is 2.93. The summed E-state index contributed by atoms with van der Waals surface area (Å²) in [5.41, 5.74) is 3.05. The third-order valence-electron chi connectivity index (χ3n) is 6.59. The Morgan fingerprint density at radius 2 is 2.11 bits per heavy atom. The first-order valence-electron chi connectivity index (χ1n) is 12.4. The summed E-state index contributed by atoms with van der Waals surface area (Å²) >= 11 is 0. The van der Waals surface area contributed by atoms with Crippen LogP contribution in [0.15, 0.2) is 40.7 Å². The molecule has 0 saturated carbocycles. The summed E-state index contributed by atoms with van der Waals surface area (Å²) < 4.78 is 17.3. The number of hydrogen-bond donors (Lipinski definition) is 2. The first-order valence-corrected chi connectivity index (χ1v) is 12.4. The number of amides is 1. The Hall–Kier alpha value is -4.03. The van der Waals surface area contributed by atoms with E-state index in [0.29, 0.717) is 59.6 Å². The van der Waals surface area contributed by atoms with Crippen molar-refractivity contribution in [1.82, 2.24) is 30.1 Å². The smallest absolute Gasteiger partial charge is 0.259 e. The lowest BCUT2D eigenvalue weighted by Gasteiger charge is -2.29. The molecule has 2 N–H and O–H groups in total. The summed E-state index contributed by atoms with van der Waals surface area (Å²) in [7, 11) is 1.59. The first-order chi connectivity index (χ1) is 18.2. The van der Waals surface area contributed by atoms with E-state index in [1.54, 1.807) is 19.5 Å². The van der Waals surface area contributed by atoms with Crippen molar-refractivity contribution in [3.8, 4) is 11.5 Å². The van der Waals surface area contributed by atoms with Gasteiger partial charge in [0.25, 0.3) is 5.91 Å². The number of ether oxygens (including phenoxy) is 3. The predicted molar refractivity (Wildman–Crippen MR) is 137 cm³/mol. The number of carbonyl (C=O) groups excluding carboxylic acids is 1. The fourth-order valence-corrected chi connectivity index (χ4v) is 4.72. The van der Waals surface area contributed by atoms with E-state index in [1.807, 2.05) is 17.0 Å². The molecule has 12 nitrogen and oxygen atoms in total. The standard InChI is InChI=1S/C25H28N8O4/c1-35-21-19(37-10-2-6-32-8-11-36-12-9-32)4-3-17-20(21)30-25(33-7-5-26-23(17)33)31-24(34)16-13-18-22(27-14-16)29-15-28-18/h3-4,13-15H,2,5-12H2,1H3,(H,27,28,29)(H,30,31,34). The lowest BCUT2D eigenvalue weighted by atomic mass is 10.1. The van der Waals surface area contributed by atoms with Crippen LogP contribution < -0.4 is 14.8 Å². The van der Waals surface area contributed by atoms with Gasteiger partial charge in [-0.25, -0.2) is 15.0 Å². The number of aliphatic imine (C=N–C) groups is 2. The van der Waals surface area contributed by atoms with Crippen molar-refractivity contribution in [3.63, 3.8) is 0 Å². The number of carbonyl (C=O) groups is 1. The van der Waals surface area contributed by atoms with Crippen LogP contribution in [0, 0.1) is 0 Å². The van der Waals surface area contributed by atoms with Crippen molar-refractivity contribution in [3.05, 3.63) is 41.9 Å². The van der Waals surface area contributed by atoms with Crippen molar-refractivity contribution < 1.29 is 19.0 Å². The largest absolute Gasteiger partial charge is 0.491 e. The number of pyridine rings is 1. The van der Waals surface area contributed by atoms with Gasteiger partial charge < -0.3 is 19.2 Å². The molecule has 37 heavy (non-hydrogen) atoms. The highest BCUT2D eigenvalue weighted by Gasteiger charge is 2.33. The van der Waals surface area contributed by atoms with Gasteiger partial charge >= 0.3 is 0 Å². The average molecular weight is 505 g/mol. The zero-order chi connectivity index (χ0) is 25.2. The van der Waals surface area contributed by atoms with Crippen LogP contribution in [0.25, 0.3) is 11.2 Å². The van der Waals surface area contributed by atoms with Crippen molar-refractivity contribution >= 4 is 34.6 Å². The maximum atomic E-state index is 13.1. The molecular formula is C25H28N8O4.